The third kappa shape index (κ3) is 2.80. The van der Waals surface area contributed by atoms with E-state index in [0.29, 0.717) is 32.7 Å². The van der Waals surface area contributed by atoms with Gasteiger partial charge in [0.1, 0.15) is 11.7 Å². The molecule has 0 aliphatic carbocycles. The summed E-state index contributed by atoms with van der Waals surface area (Å²) in [6, 6.07) is 4.76. The summed E-state index contributed by atoms with van der Waals surface area (Å²) < 4.78 is 30.4. The second kappa shape index (κ2) is 6.52. The first kappa shape index (κ1) is 15.2. The summed E-state index contributed by atoms with van der Waals surface area (Å²) in [5.74, 6) is -0.409. The Labute approximate surface area is 118 Å². The highest BCUT2D eigenvalue weighted by Crippen LogP contribution is 2.39. The fraction of sp³-hybridized carbons (Fsp3) is 0.600. The van der Waals surface area contributed by atoms with Crippen molar-refractivity contribution in [1.29, 1.82) is 0 Å². The molecule has 1 fully saturated rings. The Kier molecular flexibility index (Phi) is 4.96. The predicted molar refractivity (Wildman–Crippen MR) is 72.3 cm³/mol. The molecule has 0 radical (unpaired) electrons. The molecular formula is C15H21FO4. The second-order valence-electron chi connectivity index (χ2n) is 4.88. The lowest BCUT2D eigenvalue weighted by molar-refractivity contribution is -0.168. The first-order valence-corrected chi connectivity index (χ1v) is 6.87. The zero-order valence-electron chi connectivity index (χ0n) is 11.9. The Morgan fingerprint density at radius 3 is 2.70 bits per heavy atom. The average molecular weight is 284 g/mol. The van der Waals surface area contributed by atoms with Gasteiger partial charge in [-0.3, -0.25) is 0 Å². The summed E-state index contributed by atoms with van der Waals surface area (Å²) >= 11 is 0. The standard InChI is InChI=1S/C15H21FO4/c1-3-20-15(7-9-19-10-8-15)14(17)11-5-4-6-12(18-2)13(11)16/h4-6,14,17H,3,7-10H2,1-2H3. The highest BCUT2D eigenvalue weighted by Gasteiger charge is 2.42. The fourth-order valence-electron chi connectivity index (χ4n) is 2.68. The zero-order valence-corrected chi connectivity index (χ0v) is 11.9. The van der Waals surface area contributed by atoms with Crippen molar-refractivity contribution in [3.05, 3.63) is 29.6 Å². The van der Waals surface area contributed by atoms with Gasteiger partial charge in [-0.25, -0.2) is 4.39 Å². The molecule has 1 aliphatic rings. The minimum atomic E-state index is -1.04. The van der Waals surface area contributed by atoms with Gasteiger partial charge in [-0.15, -0.1) is 0 Å². The number of hydrogen-bond acceptors (Lipinski definition) is 4. The van der Waals surface area contributed by atoms with Crippen molar-refractivity contribution in [2.75, 3.05) is 26.9 Å². The van der Waals surface area contributed by atoms with Gasteiger partial charge in [-0.05, 0) is 13.0 Å². The van der Waals surface area contributed by atoms with Gasteiger partial charge in [-0.2, -0.15) is 0 Å². The van der Waals surface area contributed by atoms with E-state index in [1.54, 1.807) is 12.1 Å². The van der Waals surface area contributed by atoms with E-state index in [1.807, 2.05) is 6.92 Å². The molecule has 20 heavy (non-hydrogen) atoms. The molecule has 0 amide bonds. The van der Waals surface area contributed by atoms with Crippen molar-refractivity contribution in [1.82, 2.24) is 0 Å². The minimum absolute atomic E-state index is 0.125. The van der Waals surface area contributed by atoms with Crippen molar-refractivity contribution < 1.29 is 23.7 Å². The van der Waals surface area contributed by atoms with Crippen LogP contribution in [-0.4, -0.2) is 37.6 Å². The summed E-state index contributed by atoms with van der Waals surface area (Å²) in [5.41, 5.74) is -0.583. The molecule has 1 atom stereocenters. The van der Waals surface area contributed by atoms with Gasteiger partial charge >= 0.3 is 0 Å². The lowest BCUT2D eigenvalue weighted by Crippen LogP contribution is -2.45. The van der Waals surface area contributed by atoms with Crippen molar-refractivity contribution in [2.45, 2.75) is 31.5 Å². The van der Waals surface area contributed by atoms with Crippen LogP contribution in [0.2, 0.25) is 0 Å². The van der Waals surface area contributed by atoms with Crippen LogP contribution < -0.4 is 4.74 Å². The largest absolute Gasteiger partial charge is 0.494 e. The molecule has 1 aromatic carbocycles. The predicted octanol–water partition coefficient (Wildman–Crippen LogP) is 2.45. The molecule has 1 unspecified atom stereocenters. The normalized spacial score (nSPS) is 19.6. The van der Waals surface area contributed by atoms with Gasteiger partial charge in [0.05, 0.1) is 7.11 Å². The highest BCUT2D eigenvalue weighted by atomic mass is 19.1. The van der Waals surface area contributed by atoms with E-state index in [0.717, 1.165) is 0 Å². The SMILES string of the molecule is CCOC1(C(O)c2cccc(OC)c2F)CCOCC1. The van der Waals surface area contributed by atoms with Gasteiger partial charge in [0.15, 0.2) is 11.6 Å². The third-order valence-electron chi connectivity index (χ3n) is 3.78. The third-order valence-corrected chi connectivity index (χ3v) is 3.78. The van der Waals surface area contributed by atoms with Crippen molar-refractivity contribution in [3.8, 4) is 5.75 Å². The Hall–Kier alpha value is -1.17. The smallest absolute Gasteiger partial charge is 0.170 e. The summed E-state index contributed by atoms with van der Waals surface area (Å²) in [7, 11) is 1.40. The number of methoxy groups -OCH3 is 1. The molecule has 2 rings (SSSR count). The number of benzene rings is 1. The lowest BCUT2D eigenvalue weighted by Gasteiger charge is -2.40. The molecule has 1 saturated heterocycles. The van der Waals surface area contributed by atoms with Crippen molar-refractivity contribution >= 4 is 0 Å². The maximum Gasteiger partial charge on any atom is 0.170 e. The van der Waals surface area contributed by atoms with Crippen molar-refractivity contribution in [3.63, 3.8) is 0 Å². The lowest BCUT2D eigenvalue weighted by atomic mass is 9.84. The number of aliphatic hydroxyl groups is 1. The van der Waals surface area contributed by atoms with E-state index in [9.17, 15) is 9.50 Å². The van der Waals surface area contributed by atoms with Gasteiger partial charge in [0, 0.05) is 38.2 Å². The van der Waals surface area contributed by atoms with Gasteiger partial charge in [-0.1, -0.05) is 12.1 Å². The van der Waals surface area contributed by atoms with Gasteiger partial charge in [0.25, 0.3) is 0 Å². The van der Waals surface area contributed by atoms with Crippen LogP contribution in [0.15, 0.2) is 18.2 Å². The topological polar surface area (TPSA) is 47.9 Å². The van der Waals surface area contributed by atoms with Crippen LogP contribution in [0.1, 0.15) is 31.4 Å². The van der Waals surface area contributed by atoms with Crippen LogP contribution in [0.5, 0.6) is 5.75 Å². The van der Waals surface area contributed by atoms with E-state index in [-0.39, 0.29) is 11.3 Å². The molecule has 112 valence electrons. The Morgan fingerprint density at radius 1 is 1.40 bits per heavy atom. The number of aliphatic hydroxyl groups excluding tert-OH is 1. The van der Waals surface area contributed by atoms with Crippen LogP contribution in [-0.2, 0) is 9.47 Å². The zero-order chi connectivity index (χ0) is 14.6. The maximum absolute atomic E-state index is 14.3. The number of halogens is 1. The first-order valence-electron chi connectivity index (χ1n) is 6.87. The number of hydrogen-bond donors (Lipinski definition) is 1. The molecule has 1 N–H and O–H groups in total. The Morgan fingerprint density at radius 2 is 2.10 bits per heavy atom. The quantitative estimate of drug-likeness (QED) is 0.902. The number of rotatable bonds is 5. The molecular weight excluding hydrogens is 263 g/mol. The number of ether oxygens (including phenoxy) is 3. The Bertz CT molecular complexity index is 438. The molecule has 4 nitrogen and oxygen atoms in total. The highest BCUT2D eigenvalue weighted by molar-refractivity contribution is 5.33. The maximum atomic E-state index is 14.3. The van der Waals surface area contributed by atoms with Crippen LogP contribution in [0, 0.1) is 5.82 Å². The molecule has 1 aliphatic heterocycles. The summed E-state index contributed by atoms with van der Waals surface area (Å²) in [6.45, 7) is 3.33. The first-order chi connectivity index (χ1) is 9.64. The van der Waals surface area contributed by atoms with E-state index in [2.05, 4.69) is 0 Å². The van der Waals surface area contributed by atoms with E-state index in [4.69, 9.17) is 14.2 Å². The fourth-order valence-corrected chi connectivity index (χ4v) is 2.68. The van der Waals surface area contributed by atoms with Gasteiger partial charge in [0.2, 0.25) is 0 Å². The van der Waals surface area contributed by atoms with Crippen molar-refractivity contribution in [2.24, 2.45) is 0 Å². The molecule has 5 heteroatoms. The van der Waals surface area contributed by atoms with E-state index in [1.165, 1.54) is 13.2 Å². The molecule has 0 aromatic heterocycles. The molecule has 1 aromatic rings. The summed E-state index contributed by atoms with van der Waals surface area (Å²) in [6.07, 6.45) is 0.0403. The molecule has 0 saturated carbocycles. The summed E-state index contributed by atoms with van der Waals surface area (Å²) in [4.78, 5) is 0. The monoisotopic (exact) mass is 284 g/mol. The minimum Gasteiger partial charge on any atom is -0.494 e. The van der Waals surface area contributed by atoms with Crippen LogP contribution in [0.4, 0.5) is 4.39 Å². The molecule has 0 spiro atoms. The summed E-state index contributed by atoms with van der Waals surface area (Å²) in [5, 5.41) is 10.7. The van der Waals surface area contributed by atoms with Gasteiger partial charge < -0.3 is 19.3 Å². The van der Waals surface area contributed by atoms with Crippen LogP contribution in [0.25, 0.3) is 0 Å². The molecule has 1 heterocycles. The van der Waals surface area contributed by atoms with E-state index < -0.39 is 17.5 Å². The molecule has 0 bridgehead atoms. The van der Waals surface area contributed by atoms with Crippen LogP contribution in [0.3, 0.4) is 0 Å². The van der Waals surface area contributed by atoms with E-state index >= 15 is 0 Å². The average Bonchev–Trinajstić information content (AvgIpc) is 2.48. The Balaban J connectivity index is 2.34. The van der Waals surface area contributed by atoms with Crippen LogP contribution >= 0.6 is 0 Å². The second-order valence-corrected chi connectivity index (χ2v) is 4.88.